The van der Waals surface area contributed by atoms with E-state index in [1.54, 1.807) is 13.2 Å². The van der Waals surface area contributed by atoms with E-state index in [9.17, 15) is 4.39 Å². The minimum atomic E-state index is -0.302. The molecule has 0 aliphatic heterocycles. The molecular formula is C14H24FN3O. The molecule has 0 radical (unpaired) electrons. The first kappa shape index (κ1) is 16.0. The molecule has 0 aliphatic rings. The summed E-state index contributed by atoms with van der Waals surface area (Å²) in [5.41, 5.74) is 0.872. The molecule has 0 aromatic carbocycles. The second-order valence-corrected chi connectivity index (χ2v) is 4.90. The highest BCUT2D eigenvalue weighted by Crippen LogP contribution is 2.20. The summed E-state index contributed by atoms with van der Waals surface area (Å²) in [7, 11) is 5.68. The van der Waals surface area contributed by atoms with Crippen molar-refractivity contribution in [1.82, 2.24) is 15.2 Å². The van der Waals surface area contributed by atoms with Gasteiger partial charge in [0, 0.05) is 20.2 Å². The first-order valence-electron chi connectivity index (χ1n) is 6.54. The van der Waals surface area contributed by atoms with Gasteiger partial charge in [0.15, 0.2) is 0 Å². The molecule has 0 amide bonds. The zero-order valence-corrected chi connectivity index (χ0v) is 12.2. The van der Waals surface area contributed by atoms with E-state index in [-0.39, 0.29) is 11.9 Å². The van der Waals surface area contributed by atoms with Crippen molar-refractivity contribution in [2.45, 2.75) is 13.0 Å². The fourth-order valence-electron chi connectivity index (χ4n) is 2.23. The molecule has 5 heteroatoms. The minimum Gasteiger partial charge on any atom is -0.383 e. The van der Waals surface area contributed by atoms with Crippen LogP contribution >= 0.6 is 0 Å². The van der Waals surface area contributed by atoms with Crippen LogP contribution in [0.2, 0.25) is 0 Å². The normalized spacial score (nSPS) is 14.6. The van der Waals surface area contributed by atoms with E-state index in [0.29, 0.717) is 5.92 Å². The second-order valence-electron chi connectivity index (χ2n) is 4.90. The number of hydrogen-bond acceptors (Lipinski definition) is 4. The van der Waals surface area contributed by atoms with Crippen LogP contribution in [0.1, 0.15) is 18.7 Å². The quantitative estimate of drug-likeness (QED) is 0.779. The third-order valence-electron chi connectivity index (χ3n) is 3.23. The number of rotatable bonds is 8. The van der Waals surface area contributed by atoms with E-state index >= 15 is 0 Å². The van der Waals surface area contributed by atoms with Crippen LogP contribution in [0.3, 0.4) is 0 Å². The molecule has 1 rings (SSSR count). The molecule has 0 bridgehead atoms. The molecule has 108 valence electrons. The van der Waals surface area contributed by atoms with Gasteiger partial charge in [0.1, 0.15) is 5.82 Å². The third kappa shape index (κ3) is 5.22. The van der Waals surface area contributed by atoms with Gasteiger partial charge in [0.25, 0.3) is 0 Å². The summed E-state index contributed by atoms with van der Waals surface area (Å²) in [6.07, 6.45) is 1.26. The zero-order chi connectivity index (χ0) is 14.3. The van der Waals surface area contributed by atoms with Gasteiger partial charge in [-0.1, -0.05) is 6.92 Å². The van der Waals surface area contributed by atoms with Gasteiger partial charge >= 0.3 is 0 Å². The van der Waals surface area contributed by atoms with Crippen LogP contribution in [0.4, 0.5) is 4.39 Å². The van der Waals surface area contributed by atoms with Crippen LogP contribution in [-0.2, 0) is 4.74 Å². The van der Waals surface area contributed by atoms with Crippen LogP contribution in [0.25, 0.3) is 0 Å². The van der Waals surface area contributed by atoms with Crippen molar-refractivity contribution in [3.8, 4) is 0 Å². The van der Waals surface area contributed by atoms with Crippen molar-refractivity contribution >= 4 is 0 Å². The van der Waals surface area contributed by atoms with Crippen LogP contribution in [-0.4, -0.2) is 50.8 Å². The van der Waals surface area contributed by atoms with Crippen molar-refractivity contribution in [2.75, 3.05) is 40.9 Å². The Morgan fingerprint density at radius 3 is 2.74 bits per heavy atom. The van der Waals surface area contributed by atoms with Crippen molar-refractivity contribution in [1.29, 1.82) is 0 Å². The number of halogens is 1. The molecule has 0 aliphatic carbocycles. The Labute approximate surface area is 115 Å². The minimum absolute atomic E-state index is 0.116. The fourth-order valence-corrected chi connectivity index (χ4v) is 2.23. The first-order valence-corrected chi connectivity index (χ1v) is 6.54. The van der Waals surface area contributed by atoms with E-state index in [1.807, 2.05) is 7.05 Å². The molecule has 1 aromatic rings. The smallest absolute Gasteiger partial charge is 0.141 e. The molecule has 19 heavy (non-hydrogen) atoms. The lowest BCUT2D eigenvalue weighted by atomic mass is 9.98. The zero-order valence-electron chi connectivity index (χ0n) is 12.2. The molecule has 2 unspecified atom stereocenters. The van der Waals surface area contributed by atoms with E-state index < -0.39 is 0 Å². The third-order valence-corrected chi connectivity index (χ3v) is 3.23. The molecule has 0 saturated heterocycles. The summed E-state index contributed by atoms with van der Waals surface area (Å²) < 4.78 is 18.0. The van der Waals surface area contributed by atoms with Gasteiger partial charge in [-0.15, -0.1) is 0 Å². The molecule has 2 atom stereocenters. The summed E-state index contributed by atoms with van der Waals surface area (Å²) in [6.45, 7) is 4.71. The summed E-state index contributed by atoms with van der Waals surface area (Å²) in [6, 6.07) is 3.31. The average Bonchev–Trinajstić information content (AvgIpc) is 2.39. The summed E-state index contributed by atoms with van der Waals surface area (Å²) in [4.78, 5) is 6.38. The highest BCUT2D eigenvalue weighted by molar-refractivity contribution is 5.10. The van der Waals surface area contributed by atoms with Crippen molar-refractivity contribution < 1.29 is 9.13 Å². The highest BCUT2D eigenvalue weighted by Gasteiger charge is 2.20. The lowest BCUT2D eigenvalue weighted by Gasteiger charge is -2.27. The number of nitrogens with zero attached hydrogens (tertiary/aromatic N) is 2. The summed E-state index contributed by atoms with van der Waals surface area (Å²) in [5.74, 6) is 0.0632. The Hall–Kier alpha value is -1.04. The van der Waals surface area contributed by atoms with Crippen LogP contribution in [0.5, 0.6) is 0 Å². The van der Waals surface area contributed by atoms with E-state index in [4.69, 9.17) is 4.74 Å². The number of hydrogen-bond donors (Lipinski definition) is 1. The van der Waals surface area contributed by atoms with E-state index in [1.165, 1.54) is 12.3 Å². The van der Waals surface area contributed by atoms with Crippen LogP contribution in [0, 0.1) is 11.7 Å². The SMILES string of the molecule is CNC(c1ccc(F)cn1)C(C)CN(C)CCOC. The number of aromatic nitrogens is 1. The first-order chi connectivity index (χ1) is 9.08. The summed E-state index contributed by atoms with van der Waals surface area (Å²) in [5, 5.41) is 3.26. The Morgan fingerprint density at radius 2 is 2.21 bits per heavy atom. The van der Waals surface area contributed by atoms with E-state index in [2.05, 4.69) is 29.2 Å². The molecule has 1 aromatic heterocycles. The number of methoxy groups -OCH3 is 1. The van der Waals surface area contributed by atoms with Gasteiger partial charge in [0.2, 0.25) is 0 Å². The molecule has 0 fully saturated rings. The molecule has 1 heterocycles. The molecule has 0 saturated carbocycles. The van der Waals surface area contributed by atoms with Gasteiger partial charge in [-0.25, -0.2) is 4.39 Å². The van der Waals surface area contributed by atoms with Crippen LogP contribution < -0.4 is 5.32 Å². The Kier molecular flexibility index (Phi) is 6.91. The Morgan fingerprint density at radius 1 is 1.47 bits per heavy atom. The standard InChI is InChI=1S/C14H24FN3O/c1-11(10-18(3)7-8-19-4)14(16-2)13-6-5-12(15)9-17-13/h5-6,9,11,14,16H,7-8,10H2,1-4H3. The molecule has 4 nitrogen and oxygen atoms in total. The lowest BCUT2D eigenvalue weighted by Crippen LogP contribution is -2.34. The van der Waals surface area contributed by atoms with Gasteiger partial charge < -0.3 is 15.0 Å². The molecule has 1 N–H and O–H groups in total. The fraction of sp³-hybridized carbons (Fsp3) is 0.643. The number of pyridine rings is 1. The van der Waals surface area contributed by atoms with Gasteiger partial charge in [-0.3, -0.25) is 4.98 Å². The maximum absolute atomic E-state index is 12.9. The van der Waals surface area contributed by atoms with Gasteiger partial charge in [-0.2, -0.15) is 0 Å². The predicted molar refractivity (Wildman–Crippen MR) is 74.5 cm³/mol. The van der Waals surface area contributed by atoms with Crippen molar-refractivity contribution in [2.24, 2.45) is 5.92 Å². The second kappa shape index (κ2) is 8.19. The number of likely N-dealkylation sites (N-methyl/N-ethyl adjacent to an activating group) is 1. The number of ether oxygens (including phenoxy) is 1. The Bertz CT molecular complexity index is 358. The monoisotopic (exact) mass is 269 g/mol. The van der Waals surface area contributed by atoms with Crippen molar-refractivity contribution in [3.63, 3.8) is 0 Å². The summed E-state index contributed by atoms with van der Waals surface area (Å²) >= 11 is 0. The van der Waals surface area contributed by atoms with Gasteiger partial charge in [-0.05, 0) is 32.1 Å². The Balaban J connectivity index is 2.60. The molecular weight excluding hydrogens is 245 g/mol. The maximum Gasteiger partial charge on any atom is 0.141 e. The maximum atomic E-state index is 12.9. The van der Waals surface area contributed by atoms with E-state index in [0.717, 1.165) is 25.4 Å². The number of nitrogens with one attached hydrogen (secondary N) is 1. The molecule has 0 spiro atoms. The predicted octanol–water partition coefficient (Wildman–Crippen LogP) is 1.70. The average molecular weight is 269 g/mol. The highest BCUT2D eigenvalue weighted by atomic mass is 19.1. The van der Waals surface area contributed by atoms with Crippen molar-refractivity contribution in [3.05, 3.63) is 29.8 Å². The lowest BCUT2D eigenvalue weighted by molar-refractivity contribution is 0.148. The van der Waals surface area contributed by atoms with Gasteiger partial charge in [0.05, 0.1) is 24.5 Å². The largest absolute Gasteiger partial charge is 0.383 e. The van der Waals surface area contributed by atoms with Crippen LogP contribution in [0.15, 0.2) is 18.3 Å². The topological polar surface area (TPSA) is 37.4 Å².